The third-order valence-electron chi connectivity index (χ3n) is 3.18. The number of aryl methyl sites for hydroxylation is 2. The summed E-state index contributed by atoms with van der Waals surface area (Å²) >= 11 is 3.04. The average molecular weight is 333 g/mol. The molecule has 3 rings (SSSR count). The molecular formula is C16H15NO3S2. The predicted molar refractivity (Wildman–Crippen MR) is 87.4 cm³/mol. The van der Waals surface area contributed by atoms with E-state index in [2.05, 4.69) is 11.9 Å². The van der Waals surface area contributed by atoms with Crippen LogP contribution in [0.25, 0.3) is 10.8 Å². The van der Waals surface area contributed by atoms with E-state index in [0.717, 1.165) is 16.9 Å². The highest BCUT2D eigenvalue weighted by molar-refractivity contribution is 7.14. The van der Waals surface area contributed by atoms with Gasteiger partial charge in [0.25, 0.3) is 0 Å². The lowest BCUT2D eigenvalue weighted by atomic mass is 10.2. The largest absolute Gasteiger partial charge is 0.455 e. The Morgan fingerprint density at radius 1 is 1.45 bits per heavy atom. The van der Waals surface area contributed by atoms with Crippen molar-refractivity contribution < 1.29 is 13.9 Å². The lowest BCUT2D eigenvalue weighted by Gasteiger charge is -1.99. The summed E-state index contributed by atoms with van der Waals surface area (Å²) in [5.41, 5.74) is 1.75. The molecule has 0 aromatic carbocycles. The Morgan fingerprint density at radius 2 is 2.32 bits per heavy atom. The highest BCUT2D eigenvalue weighted by Crippen LogP contribution is 2.25. The van der Waals surface area contributed by atoms with Gasteiger partial charge in [0.1, 0.15) is 23.4 Å². The molecule has 0 saturated heterocycles. The van der Waals surface area contributed by atoms with Crippen LogP contribution in [0.3, 0.4) is 0 Å². The number of aromatic nitrogens is 1. The standard InChI is InChI=1S/C16H15NO3S2/c1-3-12-10(2)7-14(22-12)16(18)20-9-11-8-19-15(17-11)13-5-4-6-21-13/h4-8H,3,9H2,1-2H3. The Balaban J connectivity index is 1.63. The smallest absolute Gasteiger partial charge is 0.348 e. The minimum absolute atomic E-state index is 0.117. The molecule has 0 aliphatic carbocycles. The number of esters is 1. The Hall–Kier alpha value is -1.92. The van der Waals surface area contributed by atoms with E-state index in [0.29, 0.717) is 16.5 Å². The van der Waals surface area contributed by atoms with Crippen LogP contribution in [0.15, 0.2) is 34.3 Å². The van der Waals surface area contributed by atoms with E-state index < -0.39 is 0 Å². The van der Waals surface area contributed by atoms with Crippen LogP contribution in [0.4, 0.5) is 0 Å². The molecule has 0 bridgehead atoms. The summed E-state index contributed by atoms with van der Waals surface area (Å²) in [5.74, 6) is 0.245. The molecule has 0 amide bonds. The molecule has 6 heteroatoms. The highest BCUT2D eigenvalue weighted by atomic mass is 32.1. The van der Waals surface area contributed by atoms with Crippen molar-refractivity contribution in [2.24, 2.45) is 0 Å². The van der Waals surface area contributed by atoms with Gasteiger partial charge in [-0.15, -0.1) is 22.7 Å². The van der Waals surface area contributed by atoms with Gasteiger partial charge >= 0.3 is 5.97 Å². The fourth-order valence-corrected chi connectivity index (χ4v) is 3.73. The topological polar surface area (TPSA) is 52.3 Å². The van der Waals surface area contributed by atoms with Crippen LogP contribution in [0.1, 0.15) is 32.7 Å². The molecule has 22 heavy (non-hydrogen) atoms. The molecule has 0 unspecified atom stereocenters. The first-order valence-corrected chi connectivity index (χ1v) is 8.61. The van der Waals surface area contributed by atoms with Crippen LogP contribution in [0.2, 0.25) is 0 Å². The minimum Gasteiger partial charge on any atom is -0.455 e. The van der Waals surface area contributed by atoms with E-state index in [4.69, 9.17) is 9.15 Å². The van der Waals surface area contributed by atoms with Gasteiger partial charge in [-0.1, -0.05) is 13.0 Å². The Kier molecular flexibility index (Phi) is 4.40. The molecule has 114 valence electrons. The second-order valence-corrected chi connectivity index (χ2v) is 6.85. The first-order chi connectivity index (χ1) is 10.7. The van der Waals surface area contributed by atoms with E-state index in [-0.39, 0.29) is 12.6 Å². The number of hydrogen-bond donors (Lipinski definition) is 0. The number of hydrogen-bond acceptors (Lipinski definition) is 6. The first-order valence-electron chi connectivity index (χ1n) is 6.92. The SMILES string of the molecule is CCc1sc(C(=O)OCc2coc(-c3cccs3)n2)cc1C. The Morgan fingerprint density at radius 3 is 3.00 bits per heavy atom. The zero-order chi connectivity index (χ0) is 15.5. The molecule has 0 atom stereocenters. The second kappa shape index (κ2) is 6.46. The van der Waals surface area contributed by atoms with Gasteiger partial charge in [-0.2, -0.15) is 0 Å². The van der Waals surface area contributed by atoms with E-state index in [1.807, 2.05) is 30.5 Å². The number of oxazole rings is 1. The molecule has 0 fully saturated rings. The third kappa shape index (κ3) is 3.13. The van der Waals surface area contributed by atoms with Crippen LogP contribution < -0.4 is 0 Å². The lowest BCUT2D eigenvalue weighted by Crippen LogP contribution is -2.03. The molecule has 3 aromatic heterocycles. The number of rotatable bonds is 5. The summed E-state index contributed by atoms with van der Waals surface area (Å²) in [7, 11) is 0. The maximum absolute atomic E-state index is 12.1. The van der Waals surface area contributed by atoms with E-state index in [1.165, 1.54) is 22.5 Å². The van der Waals surface area contributed by atoms with E-state index in [1.54, 1.807) is 11.3 Å². The molecule has 3 heterocycles. The van der Waals surface area contributed by atoms with E-state index in [9.17, 15) is 4.79 Å². The zero-order valence-electron chi connectivity index (χ0n) is 12.3. The molecule has 0 radical (unpaired) electrons. The quantitative estimate of drug-likeness (QED) is 0.636. The fraction of sp³-hybridized carbons (Fsp3) is 0.250. The van der Waals surface area contributed by atoms with Crippen molar-refractivity contribution in [2.75, 3.05) is 0 Å². The van der Waals surface area contributed by atoms with E-state index >= 15 is 0 Å². The minimum atomic E-state index is -0.312. The predicted octanol–water partition coefficient (Wildman–Crippen LogP) is 4.69. The van der Waals surface area contributed by atoms with Crippen molar-refractivity contribution in [1.29, 1.82) is 0 Å². The zero-order valence-corrected chi connectivity index (χ0v) is 13.9. The normalized spacial score (nSPS) is 10.8. The summed E-state index contributed by atoms with van der Waals surface area (Å²) in [5, 5.41) is 1.96. The van der Waals surface area contributed by atoms with Crippen LogP contribution in [-0.4, -0.2) is 11.0 Å². The van der Waals surface area contributed by atoms with Crippen molar-refractivity contribution in [2.45, 2.75) is 26.9 Å². The van der Waals surface area contributed by atoms with Gasteiger partial charge in [0.2, 0.25) is 5.89 Å². The van der Waals surface area contributed by atoms with Gasteiger partial charge in [0, 0.05) is 4.88 Å². The van der Waals surface area contributed by atoms with Crippen LogP contribution in [0.5, 0.6) is 0 Å². The van der Waals surface area contributed by atoms with Crippen molar-refractivity contribution in [3.63, 3.8) is 0 Å². The number of nitrogens with zero attached hydrogens (tertiary/aromatic N) is 1. The van der Waals surface area contributed by atoms with Crippen LogP contribution in [0, 0.1) is 6.92 Å². The average Bonchev–Trinajstić information content (AvgIpc) is 3.24. The molecule has 3 aromatic rings. The van der Waals surface area contributed by atoms with Gasteiger partial charge in [0.05, 0.1) is 4.88 Å². The molecule has 0 aliphatic rings. The molecule has 0 spiro atoms. The van der Waals surface area contributed by atoms with Crippen molar-refractivity contribution in [1.82, 2.24) is 4.98 Å². The lowest BCUT2D eigenvalue weighted by molar-refractivity contribution is 0.0473. The highest BCUT2D eigenvalue weighted by Gasteiger charge is 2.14. The van der Waals surface area contributed by atoms with Gasteiger partial charge in [-0.25, -0.2) is 9.78 Å². The van der Waals surface area contributed by atoms with Crippen molar-refractivity contribution in [3.8, 4) is 10.8 Å². The summed E-state index contributed by atoms with van der Waals surface area (Å²) < 4.78 is 10.7. The summed E-state index contributed by atoms with van der Waals surface area (Å²) in [4.78, 5) is 19.2. The summed E-state index contributed by atoms with van der Waals surface area (Å²) in [6.45, 7) is 4.21. The maximum Gasteiger partial charge on any atom is 0.348 e. The fourth-order valence-electron chi connectivity index (χ4n) is 2.07. The van der Waals surface area contributed by atoms with Gasteiger partial charge in [-0.3, -0.25) is 0 Å². The number of ether oxygens (including phenoxy) is 1. The molecular weight excluding hydrogens is 318 g/mol. The van der Waals surface area contributed by atoms with Gasteiger partial charge in [-0.05, 0) is 36.4 Å². The summed E-state index contributed by atoms with van der Waals surface area (Å²) in [6.07, 6.45) is 2.46. The third-order valence-corrected chi connectivity index (χ3v) is 5.40. The van der Waals surface area contributed by atoms with Crippen LogP contribution in [-0.2, 0) is 17.8 Å². The first kappa shape index (κ1) is 15.0. The Bertz CT molecular complexity index is 771. The maximum atomic E-state index is 12.1. The van der Waals surface area contributed by atoms with Gasteiger partial charge in [0.15, 0.2) is 0 Å². The second-order valence-electron chi connectivity index (χ2n) is 4.77. The molecule has 0 N–H and O–H groups in total. The van der Waals surface area contributed by atoms with Crippen LogP contribution >= 0.6 is 22.7 Å². The Labute approximate surface area is 136 Å². The molecule has 0 saturated carbocycles. The number of carbonyl (C=O) groups excluding carboxylic acids is 1. The van der Waals surface area contributed by atoms with Gasteiger partial charge < -0.3 is 9.15 Å². The molecule has 4 nitrogen and oxygen atoms in total. The number of thiophene rings is 2. The monoisotopic (exact) mass is 333 g/mol. The molecule has 0 aliphatic heterocycles. The van der Waals surface area contributed by atoms with Crippen molar-refractivity contribution in [3.05, 3.63) is 50.9 Å². The number of carbonyl (C=O) groups is 1. The summed E-state index contributed by atoms with van der Waals surface area (Å²) in [6, 6.07) is 5.76. The van der Waals surface area contributed by atoms with Crippen molar-refractivity contribution >= 4 is 28.6 Å².